The van der Waals surface area contributed by atoms with Crippen molar-refractivity contribution in [1.82, 2.24) is 10.4 Å². The van der Waals surface area contributed by atoms with Crippen LogP contribution in [0.1, 0.15) is 26.7 Å². The molecule has 0 aliphatic carbocycles. The Kier molecular flexibility index (Phi) is 8.99. The molecule has 0 spiro atoms. The van der Waals surface area contributed by atoms with Crippen molar-refractivity contribution in [3.05, 3.63) is 24.3 Å². The molecule has 0 bridgehead atoms. The van der Waals surface area contributed by atoms with E-state index in [0.717, 1.165) is 0 Å². The van der Waals surface area contributed by atoms with Gasteiger partial charge in [0.1, 0.15) is 12.4 Å². The van der Waals surface area contributed by atoms with Gasteiger partial charge in [-0.2, -0.15) is 5.06 Å². The second-order valence-corrected chi connectivity index (χ2v) is 10.3. The third-order valence-corrected chi connectivity index (χ3v) is 7.67. The maximum absolute atomic E-state index is 13.2. The number of aliphatic hydroxyl groups excluding tert-OH is 2. The van der Waals surface area contributed by atoms with Gasteiger partial charge in [0, 0.05) is 0 Å². The Morgan fingerprint density at radius 2 is 1.76 bits per heavy atom. The van der Waals surface area contributed by atoms with Gasteiger partial charge in [-0.25, -0.2) is 8.42 Å². The van der Waals surface area contributed by atoms with E-state index in [-0.39, 0.29) is 29.4 Å². The van der Waals surface area contributed by atoms with Crippen LogP contribution in [0.5, 0.6) is 5.75 Å². The molecule has 2 rings (SSSR count). The van der Waals surface area contributed by atoms with Crippen molar-refractivity contribution in [2.45, 2.75) is 31.6 Å². The molecule has 0 radical (unpaired) electrons. The van der Waals surface area contributed by atoms with Crippen molar-refractivity contribution in [3.8, 4) is 17.6 Å². The lowest BCUT2D eigenvalue weighted by Crippen LogP contribution is -2.56. The summed E-state index contributed by atoms with van der Waals surface area (Å²) in [6, 6.07) is 5.69. The number of hydrogen-bond donors (Lipinski definition) is 4. The molecule has 1 aliphatic rings. The lowest BCUT2D eigenvalue weighted by molar-refractivity contribution is -0.196. The van der Waals surface area contributed by atoms with Crippen LogP contribution in [0.25, 0.3) is 0 Å². The van der Waals surface area contributed by atoms with Gasteiger partial charge in [-0.15, -0.1) is 5.92 Å². The first-order chi connectivity index (χ1) is 15.5. The van der Waals surface area contributed by atoms with Gasteiger partial charge in [-0.1, -0.05) is 5.92 Å². The van der Waals surface area contributed by atoms with E-state index in [1.165, 1.54) is 31.2 Å². The van der Waals surface area contributed by atoms with Crippen LogP contribution in [0.4, 0.5) is 0 Å². The van der Waals surface area contributed by atoms with Gasteiger partial charge in [-0.05, 0) is 64.0 Å². The molecule has 182 valence electrons. The Balaban J connectivity index is 2.31. The second kappa shape index (κ2) is 11.1. The third kappa shape index (κ3) is 6.10. The van der Waals surface area contributed by atoms with E-state index in [4.69, 9.17) is 4.74 Å². The molecule has 11 heteroatoms. The lowest BCUT2D eigenvalue weighted by atomic mass is 9.79. The summed E-state index contributed by atoms with van der Waals surface area (Å²) in [7, 11) is -3.99. The molecule has 1 aromatic carbocycles. The number of amides is 2. The number of imide groups is 1. The number of nitrogens with one attached hydrogen (secondary N) is 1. The average molecular weight is 483 g/mol. The summed E-state index contributed by atoms with van der Waals surface area (Å²) in [5.74, 6) is 2.94. The number of carbonyl (C=O) groups is 2. The predicted molar refractivity (Wildman–Crippen MR) is 118 cm³/mol. The van der Waals surface area contributed by atoms with Crippen LogP contribution in [0.15, 0.2) is 29.2 Å². The Morgan fingerprint density at radius 3 is 2.27 bits per heavy atom. The number of hydrogen-bond acceptors (Lipinski definition) is 9. The fourth-order valence-electron chi connectivity index (χ4n) is 3.46. The predicted octanol–water partition coefficient (Wildman–Crippen LogP) is -0.0325. The maximum atomic E-state index is 13.2. The molecule has 0 saturated carbocycles. The largest absolute Gasteiger partial charge is 0.481 e. The van der Waals surface area contributed by atoms with Gasteiger partial charge < -0.3 is 20.3 Å². The molecule has 0 unspecified atom stereocenters. The zero-order valence-electron chi connectivity index (χ0n) is 18.7. The van der Waals surface area contributed by atoms with Gasteiger partial charge in [0.15, 0.2) is 9.84 Å². The van der Waals surface area contributed by atoms with Crippen LogP contribution < -0.4 is 10.1 Å². The standard InChI is InChI=1S/C22H30N2O8S/c1-3-4-13-32-17-5-7-18(8-6-17)33(30,31)16-22(9-11-23-12-10-22)20(28)24(29)19(27)21(2,14-25)15-26/h5-8,23,25-26,29H,9-16H2,1-2H3. The maximum Gasteiger partial charge on any atom is 0.263 e. The summed E-state index contributed by atoms with van der Waals surface area (Å²) in [6.07, 6.45) is 0.141. The molecule has 33 heavy (non-hydrogen) atoms. The normalized spacial score (nSPS) is 15.8. The van der Waals surface area contributed by atoms with Crippen LogP contribution in [0, 0.1) is 22.7 Å². The van der Waals surface area contributed by atoms with E-state index in [2.05, 4.69) is 17.2 Å². The first-order valence-corrected chi connectivity index (χ1v) is 12.1. The summed E-state index contributed by atoms with van der Waals surface area (Å²) < 4.78 is 31.7. The fraction of sp³-hybridized carbons (Fsp3) is 0.545. The molecule has 1 saturated heterocycles. The molecule has 4 N–H and O–H groups in total. The summed E-state index contributed by atoms with van der Waals surface area (Å²) >= 11 is 0. The molecule has 1 fully saturated rings. The lowest BCUT2D eigenvalue weighted by Gasteiger charge is -2.38. The van der Waals surface area contributed by atoms with E-state index in [1.54, 1.807) is 6.92 Å². The molecule has 10 nitrogen and oxygen atoms in total. The minimum atomic E-state index is -3.99. The number of hydroxylamine groups is 2. The van der Waals surface area contributed by atoms with E-state index < -0.39 is 51.4 Å². The minimum absolute atomic E-state index is 0.0338. The smallest absolute Gasteiger partial charge is 0.263 e. The molecule has 1 aromatic rings. The zero-order valence-corrected chi connectivity index (χ0v) is 19.5. The second-order valence-electron chi connectivity index (χ2n) is 8.28. The van der Waals surface area contributed by atoms with Gasteiger partial charge >= 0.3 is 0 Å². The van der Waals surface area contributed by atoms with Gasteiger partial charge in [-0.3, -0.25) is 14.8 Å². The summed E-state index contributed by atoms with van der Waals surface area (Å²) in [5.41, 5.74) is -3.36. The molecule has 1 heterocycles. The highest BCUT2D eigenvalue weighted by Crippen LogP contribution is 2.36. The monoisotopic (exact) mass is 482 g/mol. The third-order valence-electron chi connectivity index (χ3n) is 5.75. The number of nitrogens with zero attached hydrogens (tertiary/aromatic N) is 1. The number of aliphatic hydroxyl groups is 2. The van der Waals surface area contributed by atoms with Crippen LogP contribution >= 0.6 is 0 Å². The van der Waals surface area contributed by atoms with E-state index in [1.807, 2.05) is 0 Å². The Morgan fingerprint density at radius 1 is 1.18 bits per heavy atom. The van der Waals surface area contributed by atoms with E-state index >= 15 is 0 Å². The van der Waals surface area contributed by atoms with Crippen molar-refractivity contribution < 1.29 is 38.2 Å². The van der Waals surface area contributed by atoms with Crippen LogP contribution in [-0.2, 0) is 19.4 Å². The highest BCUT2D eigenvalue weighted by Gasteiger charge is 2.49. The van der Waals surface area contributed by atoms with Gasteiger partial charge in [0.25, 0.3) is 11.8 Å². The van der Waals surface area contributed by atoms with Crippen molar-refractivity contribution in [1.29, 1.82) is 0 Å². The topological polar surface area (TPSA) is 153 Å². The van der Waals surface area contributed by atoms with Gasteiger partial charge in [0.05, 0.1) is 34.7 Å². The molecule has 0 aromatic heterocycles. The Hall–Kier alpha value is -2.49. The summed E-state index contributed by atoms with van der Waals surface area (Å²) in [6.45, 7) is 2.03. The van der Waals surface area contributed by atoms with Crippen molar-refractivity contribution in [2.24, 2.45) is 10.8 Å². The highest BCUT2D eigenvalue weighted by atomic mass is 32.2. The zero-order chi connectivity index (χ0) is 24.7. The highest BCUT2D eigenvalue weighted by molar-refractivity contribution is 7.91. The fourth-order valence-corrected chi connectivity index (χ4v) is 5.32. The van der Waals surface area contributed by atoms with Crippen LogP contribution in [0.3, 0.4) is 0 Å². The van der Waals surface area contributed by atoms with E-state index in [0.29, 0.717) is 18.8 Å². The Bertz CT molecular complexity index is 1000. The number of rotatable bonds is 9. The number of sulfone groups is 1. The summed E-state index contributed by atoms with van der Waals surface area (Å²) in [4.78, 5) is 25.8. The quantitative estimate of drug-likeness (QED) is 0.216. The van der Waals surface area contributed by atoms with E-state index in [9.17, 15) is 33.4 Å². The van der Waals surface area contributed by atoms with Gasteiger partial charge in [0.2, 0.25) is 0 Å². The number of carbonyl (C=O) groups excluding carboxylic acids is 2. The van der Waals surface area contributed by atoms with Crippen molar-refractivity contribution in [2.75, 3.05) is 38.7 Å². The average Bonchev–Trinajstić information content (AvgIpc) is 2.83. The molecular weight excluding hydrogens is 452 g/mol. The molecule has 1 aliphatic heterocycles. The summed E-state index contributed by atoms with van der Waals surface area (Å²) in [5, 5.41) is 32.1. The SMILES string of the molecule is CC#CCOc1ccc(S(=O)(=O)CC2(C(=O)N(O)C(=O)C(C)(CO)CO)CCNCC2)cc1. The first-order valence-electron chi connectivity index (χ1n) is 10.4. The number of ether oxygens (including phenoxy) is 1. The van der Waals surface area contributed by atoms with Crippen LogP contribution in [0.2, 0.25) is 0 Å². The molecule has 0 atom stereocenters. The minimum Gasteiger partial charge on any atom is -0.481 e. The number of benzene rings is 1. The molecule has 2 amide bonds. The van der Waals surface area contributed by atoms with Crippen LogP contribution in [-0.4, -0.2) is 79.4 Å². The van der Waals surface area contributed by atoms with Crippen molar-refractivity contribution >= 4 is 21.7 Å². The number of piperidine rings is 1. The Labute approximate surface area is 193 Å². The van der Waals surface area contributed by atoms with Crippen molar-refractivity contribution in [3.63, 3.8) is 0 Å². The first kappa shape index (κ1) is 26.8. The molecular formula is C22H30N2O8S.